The molecule has 1 saturated carbocycles. The van der Waals surface area contributed by atoms with E-state index >= 15 is 0 Å². The van der Waals surface area contributed by atoms with E-state index in [9.17, 15) is 14.7 Å². The third-order valence-electron chi connectivity index (χ3n) is 3.72. The maximum absolute atomic E-state index is 11.9. The Balaban J connectivity index is 0.00000288. The van der Waals surface area contributed by atoms with Gasteiger partial charge in [0.15, 0.2) is 10.8 Å². The maximum Gasteiger partial charge on any atom is 1.00 e. The topological polar surface area (TPSA) is 121 Å². The summed E-state index contributed by atoms with van der Waals surface area (Å²) in [5.41, 5.74) is 5.24. The number of thiazole rings is 1. The first-order chi connectivity index (χ1) is 10.9. The summed E-state index contributed by atoms with van der Waals surface area (Å²) in [5.74, 6) is -1.36. The zero-order valence-corrected chi connectivity index (χ0v) is 16.8. The van der Waals surface area contributed by atoms with Crippen LogP contribution in [-0.4, -0.2) is 47.7 Å². The molecule has 1 aromatic heterocycles. The molecule has 0 aromatic carbocycles. The number of nitrogens with two attached hydrogens (primary N) is 1. The molecule has 1 fully saturated rings. The molecule has 0 radical (unpaired) electrons. The van der Waals surface area contributed by atoms with Crippen LogP contribution in [0, 0.1) is 5.92 Å². The number of carboxylic acids is 1. The van der Waals surface area contributed by atoms with Crippen LogP contribution in [-0.2, 0) is 14.4 Å². The Morgan fingerprint density at radius 3 is 2.46 bits per heavy atom. The van der Waals surface area contributed by atoms with Crippen molar-refractivity contribution >= 4 is 34.1 Å². The SMILES string of the molecule is CN(C)C(=O)C1CCC(O/N=C(\C(=O)[O-])c2csc(N)n2)CC1.[Na+]. The largest absolute Gasteiger partial charge is 1.00 e. The van der Waals surface area contributed by atoms with Gasteiger partial charge in [0.25, 0.3) is 0 Å². The summed E-state index contributed by atoms with van der Waals surface area (Å²) in [6.07, 6.45) is 2.47. The fraction of sp³-hybridized carbons (Fsp3) is 0.571. The van der Waals surface area contributed by atoms with Crippen LogP contribution in [0.3, 0.4) is 0 Å². The van der Waals surface area contributed by atoms with E-state index in [-0.39, 0.29) is 64.0 Å². The molecule has 0 spiro atoms. The van der Waals surface area contributed by atoms with Gasteiger partial charge >= 0.3 is 29.6 Å². The van der Waals surface area contributed by atoms with Crippen LogP contribution in [0.1, 0.15) is 31.4 Å². The second kappa shape index (κ2) is 9.36. The van der Waals surface area contributed by atoms with Gasteiger partial charge in [-0.3, -0.25) is 4.79 Å². The van der Waals surface area contributed by atoms with Gasteiger partial charge in [0.2, 0.25) is 5.91 Å². The van der Waals surface area contributed by atoms with Crippen molar-refractivity contribution < 1.29 is 49.1 Å². The Labute approximate surface area is 166 Å². The number of hydrogen-bond donors (Lipinski definition) is 1. The fourth-order valence-corrected chi connectivity index (χ4v) is 3.04. The summed E-state index contributed by atoms with van der Waals surface area (Å²) >= 11 is 1.11. The van der Waals surface area contributed by atoms with Crippen LogP contribution in [0.2, 0.25) is 0 Å². The third-order valence-corrected chi connectivity index (χ3v) is 4.39. The van der Waals surface area contributed by atoms with Crippen LogP contribution in [0.25, 0.3) is 0 Å². The third kappa shape index (κ3) is 5.44. The molecule has 0 bridgehead atoms. The van der Waals surface area contributed by atoms with Gasteiger partial charge in [-0.05, 0) is 25.7 Å². The van der Waals surface area contributed by atoms with Gasteiger partial charge < -0.3 is 25.4 Å². The van der Waals surface area contributed by atoms with Gasteiger partial charge in [-0.25, -0.2) is 4.98 Å². The Bertz CT molecular complexity index is 612. The second-order valence-electron chi connectivity index (χ2n) is 5.61. The number of carboxylic acid groups (broad SMARTS) is 1. The maximum atomic E-state index is 11.9. The van der Waals surface area contributed by atoms with Crippen LogP contribution in [0.5, 0.6) is 0 Å². The van der Waals surface area contributed by atoms with Crippen molar-refractivity contribution in [2.45, 2.75) is 31.8 Å². The minimum absolute atomic E-state index is 0. The molecule has 24 heavy (non-hydrogen) atoms. The van der Waals surface area contributed by atoms with Crippen molar-refractivity contribution in [2.24, 2.45) is 11.1 Å². The van der Waals surface area contributed by atoms with Gasteiger partial charge in [0.05, 0.1) is 5.97 Å². The minimum Gasteiger partial charge on any atom is -0.543 e. The molecule has 1 amide bonds. The average Bonchev–Trinajstić information content (AvgIpc) is 2.93. The predicted octanol–water partition coefficient (Wildman–Crippen LogP) is -3.15. The van der Waals surface area contributed by atoms with Crippen molar-refractivity contribution in [3.63, 3.8) is 0 Å². The molecule has 0 unspecified atom stereocenters. The Morgan fingerprint density at radius 1 is 1.38 bits per heavy atom. The van der Waals surface area contributed by atoms with E-state index in [1.54, 1.807) is 19.0 Å². The first kappa shape index (κ1) is 20.9. The van der Waals surface area contributed by atoms with Gasteiger partial charge in [0, 0.05) is 25.4 Å². The molecule has 1 aliphatic rings. The molecule has 1 aromatic rings. The van der Waals surface area contributed by atoms with Gasteiger partial charge in [-0.15, -0.1) is 11.3 Å². The van der Waals surface area contributed by atoms with Crippen LogP contribution in [0.15, 0.2) is 10.5 Å². The summed E-state index contributed by atoms with van der Waals surface area (Å²) in [7, 11) is 3.47. The minimum atomic E-state index is -1.47. The standard InChI is InChI=1S/C14H20N4O4S.Na/c1-18(2)12(19)8-3-5-9(6-4-8)22-17-11(13(20)21)10-7-23-14(15)16-10;/h7-9H,3-6H2,1-2H3,(H2,15,16)(H,20,21);/q;+1/p-1/b17-11-;. The van der Waals surface area contributed by atoms with E-state index in [1.165, 1.54) is 5.38 Å². The number of carbonyl (C=O) groups excluding carboxylic acids is 2. The van der Waals surface area contributed by atoms with Gasteiger partial charge in [-0.2, -0.15) is 0 Å². The molecule has 0 atom stereocenters. The van der Waals surface area contributed by atoms with Crippen molar-refractivity contribution in [3.05, 3.63) is 11.1 Å². The van der Waals surface area contributed by atoms with Crippen LogP contribution in [0.4, 0.5) is 5.13 Å². The first-order valence-corrected chi connectivity index (χ1v) is 8.14. The molecule has 8 nitrogen and oxygen atoms in total. The van der Waals surface area contributed by atoms with Crippen molar-refractivity contribution in [1.82, 2.24) is 9.88 Å². The van der Waals surface area contributed by atoms with Gasteiger partial charge in [0.1, 0.15) is 11.8 Å². The van der Waals surface area contributed by atoms with E-state index < -0.39 is 5.97 Å². The second-order valence-corrected chi connectivity index (χ2v) is 6.50. The quantitative estimate of drug-likeness (QED) is 0.335. The van der Waals surface area contributed by atoms with Crippen molar-refractivity contribution in [1.29, 1.82) is 0 Å². The van der Waals surface area contributed by atoms with Crippen molar-refractivity contribution in [3.8, 4) is 0 Å². The van der Waals surface area contributed by atoms with E-state index in [0.29, 0.717) is 25.7 Å². The normalized spacial score (nSPS) is 20.8. The smallest absolute Gasteiger partial charge is 0.543 e. The number of anilines is 1. The number of aliphatic carboxylic acids is 1. The Hall–Kier alpha value is -1.16. The summed E-state index contributed by atoms with van der Waals surface area (Å²) in [4.78, 5) is 33.8. The van der Waals surface area contributed by atoms with E-state index in [1.807, 2.05) is 0 Å². The number of oxime groups is 1. The Morgan fingerprint density at radius 2 is 2.00 bits per heavy atom. The molecule has 10 heteroatoms. The summed E-state index contributed by atoms with van der Waals surface area (Å²) in [5, 5.41) is 16.6. The van der Waals surface area contributed by atoms with Gasteiger partial charge in [-0.1, -0.05) is 5.16 Å². The monoisotopic (exact) mass is 362 g/mol. The zero-order chi connectivity index (χ0) is 17.0. The number of nitrogens with zero attached hydrogens (tertiary/aromatic N) is 3. The number of aromatic nitrogens is 1. The van der Waals surface area contributed by atoms with Crippen LogP contribution >= 0.6 is 11.3 Å². The number of rotatable bonds is 5. The number of nitrogen functional groups attached to an aromatic ring is 1. The van der Waals surface area contributed by atoms with Crippen LogP contribution < -0.4 is 40.4 Å². The van der Waals surface area contributed by atoms with E-state index in [2.05, 4.69) is 10.1 Å². The van der Waals surface area contributed by atoms with E-state index in [4.69, 9.17) is 10.6 Å². The molecular weight excluding hydrogens is 343 g/mol. The first-order valence-electron chi connectivity index (χ1n) is 7.26. The average molecular weight is 362 g/mol. The number of hydrogen-bond acceptors (Lipinski definition) is 8. The molecular formula is C14H19N4NaO4S. The number of amides is 1. The fourth-order valence-electron chi connectivity index (χ4n) is 2.49. The predicted molar refractivity (Wildman–Crippen MR) is 83.6 cm³/mol. The molecule has 1 heterocycles. The summed E-state index contributed by atoms with van der Waals surface area (Å²) in [6.45, 7) is 0. The summed E-state index contributed by atoms with van der Waals surface area (Å²) in [6, 6.07) is 0. The molecule has 2 rings (SSSR count). The molecule has 1 aliphatic carbocycles. The Kier molecular flexibility index (Phi) is 8.14. The zero-order valence-electron chi connectivity index (χ0n) is 14.0. The molecule has 126 valence electrons. The molecule has 0 aliphatic heterocycles. The van der Waals surface area contributed by atoms with E-state index in [0.717, 1.165) is 11.3 Å². The molecule has 0 saturated heterocycles. The van der Waals surface area contributed by atoms with Crippen molar-refractivity contribution in [2.75, 3.05) is 19.8 Å². The molecule has 2 N–H and O–H groups in total. The summed E-state index contributed by atoms with van der Waals surface area (Å²) < 4.78 is 0. The number of carbonyl (C=O) groups is 2.